The van der Waals surface area contributed by atoms with Crippen LogP contribution in [-0.4, -0.2) is 42.0 Å². The molecule has 0 aromatic heterocycles. The number of carbonyl (C=O) groups is 3. The highest BCUT2D eigenvalue weighted by Gasteiger charge is 2.70. The predicted molar refractivity (Wildman–Crippen MR) is 192 cm³/mol. The third-order valence-corrected chi connectivity index (χ3v) is 15.6. The number of carbonyl (C=O) groups excluding carboxylic acids is 2. The topological polar surface area (TPSA) is 92.7 Å². The smallest absolute Gasteiger partial charge is 0.309 e. The molecule has 0 radical (unpaired) electrons. The normalized spacial score (nSPS) is 39.1. The Kier molecular flexibility index (Phi) is 10.0. The number of hydrogen-bond acceptors (Lipinski definition) is 5. The van der Waals surface area contributed by atoms with Crippen molar-refractivity contribution in [2.75, 3.05) is 13.1 Å². The first kappa shape index (κ1) is 37.6. The van der Waals surface area contributed by atoms with Gasteiger partial charge < -0.3 is 15.2 Å². The summed E-state index contributed by atoms with van der Waals surface area (Å²) in [6.07, 6.45) is 11.5. The third-order valence-electron chi connectivity index (χ3n) is 15.6. The fourth-order valence-corrected chi connectivity index (χ4v) is 12.7. The average Bonchev–Trinajstić information content (AvgIpc) is 3.26. The number of allylic oxidation sites excluding steroid dienone is 2. The lowest BCUT2D eigenvalue weighted by molar-refractivity contribution is -0.233. The molecule has 6 nitrogen and oxygen atoms in total. The minimum atomic E-state index is -1.14. The zero-order valence-corrected chi connectivity index (χ0v) is 32.4. The van der Waals surface area contributed by atoms with Gasteiger partial charge in [0.05, 0.1) is 11.8 Å². The van der Waals surface area contributed by atoms with Gasteiger partial charge in [0.25, 0.3) is 0 Å². The standard InChI is InChI=1S/C42H69NO5/c1-26(2)16-22-43-23-21-42-20-19-40(10)28(35(42)34(27(3)4)29(44)24-42)12-13-31-39(9)17-15-32(48-33(45)25-37(5,6)36(46)47)38(7,8)30(39)14-18-41(31,40)11/h26-28,30-32,43H,12-25H2,1-11H3,(H,46,47)/t28?,30?,31?,32-,39-,40+,41+,42+/m0/s1. The van der Waals surface area contributed by atoms with Gasteiger partial charge in [0, 0.05) is 17.3 Å². The van der Waals surface area contributed by atoms with Gasteiger partial charge >= 0.3 is 11.9 Å². The Balaban J connectivity index is 1.40. The number of Topliss-reactive ketones (excluding diaryl/α,β-unsaturated/α-hetero) is 1. The molecule has 5 aliphatic rings. The maximum Gasteiger partial charge on any atom is 0.309 e. The van der Waals surface area contributed by atoms with E-state index >= 15 is 0 Å². The Morgan fingerprint density at radius 3 is 2.21 bits per heavy atom. The highest BCUT2D eigenvalue weighted by atomic mass is 16.5. The van der Waals surface area contributed by atoms with E-state index in [0.717, 1.165) is 45.2 Å². The Hall–Kier alpha value is -1.69. The number of ether oxygens (including phenoxy) is 1. The number of rotatable bonds is 11. The number of ketones is 1. The van der Waals surface area contributed by atoms with E-state index in [4.69, 9.17) is 4.74 Å². The minimum Gasteiger partial charge on any atom is -0.481 e. The second kappa shape index (κ2) is 12.8. The summed E-state index contributed by atoms with van der Waals surface area (Å²) in [5.74, 6) is 1.51. The molecule has 0 aliphatic heterocycles. The Bertz CT molecular complexity index is 1310. The van der Waals surface area contributed by atoms with E-state index in [-0.39, 0.29) is 51.5 Å². The van der Waals surface area contributed by atoms with Gasteiger partial charge in [0.1, 0.15) is 6.10 Å². The number of esters is 1. The molecule has 2 N–H and O–H groups in total. The molecule has 4 fully saturated rings. The van der Waals surface area contributed by atoms with Crippen molar-refractivity contribution in [2.45, 2.75) is 159 Å². The van der Waals surface area contributed by atoms with Crippen molar-refractivity contribution in [2.24, 2.45) is 62.1 Å². The van der Waals surface area contributed by atoms with E-state index in [2.05, 4.69) is 67.6 Å². The van der Waals surface area contributed by atoms with Crippen LogP contribution in [-0.2, 0) is 19.1 Å². The number of aliphatic carboxylic acids is 1. The molecular formula is C42H69NO5. The second-order valence-corrected chi connectivity index (χ2v) is 19.9. The van der Waals surface area contributed by atoms with E-state index < -0.39 is 11.4 Å². The fraction of sp³-hybridized carbons (Fsp3) is 0.881. The molecule has 48 heavy (non-hydrogen) atoms. The van der Waals surface area contributed by atoms with Crippen molar-refractivity contribution in [1.82, 2.24) is 5.32 Å². The summed E-state index contributed by atoms with van der Waals surface area (Å²) >= 11 is 0. The Morgan fingerprint density at radius 1 is 0.896 bits per heavy atom. The van der Waals surface area contributed by atoms with Crippen LogP contribution in [0.4, 0.5) is 0 Å². The summed E-state index contributed by atoms with van der Waals surface area (Å²) < 4.78 is 6.17. The van der Waals surface area contributed by atoms with Gasteiger partial charge in [0.2, 0.25) is 0 Å². The highest BCUT2D eigenvalue weighted by molar-refractivity contribution is 6.00. The van der Waals surface area contributed by atoms with Crippen molar-refractivity contribution in [3.8, 4) is 0 Å². The molecule has 3 unspecified atom stereocenters. The lowest BCUT2D eigenvalue weighted by atomic mass is 9.33. The largest absolute Gasteiger partial charge is 0.481 e. The van der Waals surface area contributed by atoms with E-state index in [9.17, 15) is 19.5 Å². The molecule has 6 heteroatoms. The van der Waals surface area contributed by atoms with E-state index in [1.54, 1.807) is 19.4 Å². The van der Waals surface area contributed by atoms with Crippen LogP contribution < -0.4 is 5.32 Å². The lowest BCUT2D eigenvalue weighted by Crippen LogP contribution is -2.65. The van der Waals surface area contributed by atoms with Crippen molar-refractivity contribution < 1.29 is 24.2 Å². The van der Waals surface area contributed by atoms with Gasteiger partial charge in [-0.2, -0.15) is 0 Å². The molecule has 5 aliphatic carbocycles. The monoisotopic (exact) mass is 668 g/mol. The van der Waals surface area contributed by atoms with Gasteiger partial charge in [-0.15, -0.1) is 0 Å². The second-order valence-electron chi connectivity index (χ2n) is 19.9. The van der Waals surface area contributed by atoms with Crippen molar-refractivity contribution >= 4 is 17.7 Å². The van der Waals surface area contributed by atoms with Crippen LogP contribution in [0.15, 0.2) is 11.1 Å². The zero-order chi connectivity index (χ0) is 35.7. The first-order valence-corrected chi connectivity index (χ1v) is 19.6. The molecule has 0 aromatic rings. The molecule has 0 saturated heterocycles. The first-order chi connectivity index (χ1) is 22.2. The van der Waals surface area contributed by atoms with Crippen LogP contribution >= 0.6 is 0 Å². The molecule has 0 heterocycles. The summed E-state index contributed by atoms with van der Waals surface area (Å²) in [5, 5.41) is 13.3. The quantitative estimate of drug-likeness (QED) is 0.169. The Morgan fingerprint density at radius 2 is 1.58 bits per heavy atom. The van der Waals surface area contributed by atoms with Gasteiger partial charge in [-0.3, -0.25) is 14.4 Å². The summed E-state index contributed by atoms with van der Waals surface area (Å²) in [6.45, 7) is 26.7. The Labute approximate surface area is 292 Å². The molecule has 0 spiro atoms. The van der Waals surface area contributed by atoms with Gasteiger partial charge in [-0.25, -0.2) is 0 Å². The zero-order valence-electron chi connectivity index (χ0n) is 32.4. The van der Waals surface area contributed by atoms with Crippen molar-refractivity contribution in [3.05, 3.63) is 11.1 Å². The fourth-order valence-electron chi connectivity index (χ4n) is 12.7. The minimum absolute atomic E-state index is 0.0229. The molecule has 8 atom stereocenters. The third kappa shape index (κ3) is 5.94. The van der Waals surface area contributed by atoms with Crippen LogP contribution in [0, 0.1) is 62.1 Å². The predicted octanol–water partition coefficient (Wildman–Crippen LogP) is 9.41. The summed E-state index contributed by atoms with van der Waals surface area (Å²) in [7, 11) is 0. The van der Waals surface area contributed by atoms with E-state index in [0.29, 0.717) is 35.9 Å². The van der Waals surface area contributed by atoms with Gasteiger partial charge in [0.15, 0.2) is 5.78 Å². The molecule has 5 rings (SSSR count). The molecule has 0 aromatic carbocycles. The molecular weight excluding hydrogens is 598 g/mol. The number of hydrogen-bond donors (Lipinski definition) is 2. The SMILES string of the molecule is CC(C)CCNCC[C@@]12CC[C@]3(C)C(CCC4[C@@]5(C)CC[C@H](OC(=O)CC(C)(C)C(=O)O)C(C)(C)C5CC[C@]43C)C1=C(C(C)C)C(=O)C2. The molecule has 4 saturated carbocycles. The van der Waals surface area contributed by atoms with Crippen LogP contribution in [0.25, 0.3) is 0 Å². The van der Waals surface area contributed by atoms with Crippen LogP contribution in [0.3, 0.4) is 0 Å². The molecule has 272 valence electrons. The van der Waals surface area contributed by atoms with Gasteiger partial charge in [-0.1, -0.05) is 67.9 Å². The number of carboxylic acid groups (broad SMARTS) is 1. The number of nitrogens with one attached hydrogen (secondary N) is 1. The highest BCUT2D eigenvalue weighted by Crippen LogP contribution is 2.77. The van der Waals surface area contributed by atoms with Crippen LogP contribution in [0.1, 0.15) is 153 Å². The van der Waals surface area contributed by atoms with Crippen LogP contribution in [0.5, 0.6) is 0 Å². The summed E-state index contributed by atoms with van der Waals surface area (Å²) in [5.41, 5.74) is 1.92. The van der Waals surface area contributed by atoms with Gasteiger partial charge in [-0.05, 0) is 143 Å². The molecule has 0 bridgehead atoms. The van der Waals surface area contributed by atoms with Crippen molar-refractivity contribution in [1.29, 1.82) is 0 Å². The number of carboxylic acids is 1. The summed E-state index contributed by atoms with van der Waals surface area (Å²) in [4.78, 5) is 38.7. The first-order valence-electron chi connectivity index (χ1n) is 19.6. The lowest BCUT2D eigenvalue weighted by Gasteiger charge is -2.72. The van der Waals surface area contributed by atoms with E-state index in [1.807, 2.05) is 0 Å². The van der Waals surface area contributed by atoms with E-state index in [1.165, 1.54) is 37.7 Å². The maximum absolute atomic E-state index is 13.9. The average molecular weight is 668 g/mol. The number of fused-ring (bicyclic) bond motifs is 7. The molecule has 0 amide bonds. The summed E-state index contributed by atoms with van der Waals surface area (Å²) in [6, 6.07) is 0. The van der Waals surface area contributed by atoms with Crippen LogP contribution in [0.2, 0.25) is 0 Å². The maximum atomic E-state index is 13.9. The van der Waals surface area contributed by atoms with Crippen molar-refractivity contribution in [3.63, 3.8) is 0 Å².